The van der Waals surface area contributed by atoms with Gasteiger partial charge in [0.25, 0.3) is 11.3 Å². The zero-order chi connectivity index (χ0) is 22.0. The fourth-order valence-electron chi connectivity index (χ4n) is 3.35. The molecular formula is C24H27N5O2. The molecule has 7 heteroatoms. The first-order chi connectivity index (χ1) is 14.8. The molecule has 0 bridgehead atoms. The van der Waals surface area contributed by atoms with Crippen molar-refractivity contribution >= 4 is 11.5 Å². The van der Waals surface area contributed by atoms with Crippen LogP contribution >= 0.6 is 0 Å². The fraction of sp³-hybridized carbons (Fsp3) is 0.292. The van der Waals surface area contributed by atoms with Crippen LogP contribution in [0.2, 0.25) is 0 Å². The molecule has 0 amide bonds. The normalized spacial score (nSPS) is 11.6. The SMILES string of the molecule is CCOc1ccccc1NCc1cc(=O)n2[nH]c(-c3ccc(C(C)(C)C)cc3)nc2n1. The van der Waals surface area contributed by atoms with Crippen LogP contribution in [0.15, 0.2) is 59.4 Å². The molecule has 2 aromatic heterocycles. The molecule has 0 aliphatic carbocycles. The Balaban J connectivity index is 1.59. The summed E-state index contributed by atoms with van der Waals surface area (Å²) in [5.41, 5.74) is 3.48. The van der Waals surface area contributed by atoms with E-state index in [9.17, 15) is 4.79 Å². The molecular weight excluding hydrogens is 390 g/mol. The molecule has 0 fully saturated rings. The first kappa shape index (κ1) is 20.7. The summed E-state index contributed by atoms with van der Waals surface area (Å²) in [6.45, 7) is 9.44. The van der Waals surface area contributed by atoms with Crippen molar-refractivity contribution in [3.8, 4) is 17.1 Å². The van der Waals surface area contributed by atoms with Crippen molar-refractivity contribution < 1.29 is 4.74 Å². The average Bonchev–Trinajstić information content (AvgIpc) is 3.18. The molecule has 4 rings (SSSR count). The zero-order valence-electron chi connectivity index (χ0n) is 18.3. The number of anilines is 1. The molecule has 160 valence electrons. The van der Waals surface area contributed by atoms with E-state index in [2.05, 4.69) is 53.3 Å². The topological polar surface area (TPSA) is 84.3 Å². The van der Waals surface area contributed by atoms with Crippen molar-refractivity contribution in [1.29, 1.82) is 0 Å². The Labute approximate surface area is 181 Å². The Morgan fingerprint density at radius 1 is 1.06 bits per heavy atom. The van der Waals surface area contributed by atoms with Crippen molar-refractivity contribution in [3.05, 3.63) is 76.2 Å². The number of fused-ring (bicyclic) bond motifs is 1. The molecule has 0 aliphatic rings. The number of nitrogens with one attached hydrogen (secondary N) is 2. The molecule has 0 spiro atoms. The van der Waals surface area contributed by atoms with Crippen LogP contribution in [0.3, 0.4) is 0 Å². The van der Waals surface area contributed by atoms with Crippen molar-refractivity contribution in [1.82, 2.24) is 19.6 Å². The number of aromatic nitrogens is 4. The van der Waals surface area contributed by atoms with Crippen LogP contribution in [0, 0.1) is 0 Å². The van der Waals surface area contributed by atoms with Crippen LogP contribution in [-0.4, -0.2) is 26.2 Å². The molecule has 0 unspecified atom stereocenters. The highest BCUT2D eigenvalue weighted by Crippen LogP contribution is 2.25. The number of hydrogen-bond acceptors (Lipinski definition) is 5. The maximum Gasteiger partial charge on any atom is 0.274 e. The van der Waals surface area contributed by atoms with Gasteiger partial charge in [0, 0.05) is 11.6 Å². The quantitative estimate of drug-likeness (QED) is 0.486. The molecule has 0 saturated heterocycles. The van der Waals surface area contributed by atoms with Gasteiger partial charge in [-0.2, -0.15) is 9.50 Å². The van der Waals surface area contributed by atoms with Crippen LogP contribution in [0.1, 0.15) is 39.0 Å². The average molecular weight is 418 g/mol. The lowest BCUT2D eigenvalue weighted by Gasteiger charge is -2.18. The smallest absolute Gasteiger partial charge is 0.274 e. The summed E-state index contributed by atoms with van der Waals surface area (Å²) < 4.78 is 7.00. The van der Waals surface area contributed by atoms with E-state index in [0.29, 0.717) is 30.4 Å². The Hall–Kier alpha value is -3.61. The van der Waals surface area contributed by atoms with Gasteiger partial charge >= 0.3 is 0 Å². The predicted molar refractivity (Wildman–Crippen MR) is 123 cm³/mol. The molecule has 0 aliphatic heterocycles. The minimum atomic E-state index is -0.204. The fourth-order valence-corrected chi connectivity index (χ4v) is 3.35. The van der Waals surface area contributed by atoms with Crippen LogP contribution < -0.4 is 15.6 Å². The molecule has 2 heterocycles. The van der Waals surface area contributed by atoms with Gasteiger partial charge in [0.05, 0.1) is 24.5 Å². The van der Waals surface area contributed by atoms with E-state index in [1.807, 2.05) is 43.3 Å². The van der Waals surface area contributed by atoms with Gasteiger partial charge in [0.15, 0.2) is 5.82 Å². The summed E-state index contributed by atoms with van der Waals surface area (Å²) in [4.78, 5) is 21.7. The summed E-state index contributed by atoms with van der Waals surface area (Å²) in [6, 6.07) is 17.4. The van der Waals surface area contributed by atoms with Crippen molar-refractivity contribution in [2.45, 2.75) is 39.7 Å². The maximum absolute atomic E-state index is 12.6. The molecule has 2 aromatic carbocycles. The molecule has 0 saturated carbocycles. The Kier molecular flexibility index (Phi) is 5.50. The number of aromatic amines is 1. The number of nitrogens with zero attached hydrogens (tertiary/aromatic N) is 3. The van der Waals surface area contributed by atoms with E-state index < -0.39 is 0 Å². The second kappa shape index (κ2) is 8.26. The second-order valence-electron chi connectivity index (χ2n) is 8.40. The third-order valence-electron chi connectivity index (χ3n) is 5.05. The monoisotopic (exact) mass is 417 g/mol. The Morgan fingerprint density at radius 3 is 2.52 bits per heavy atom. The summed E-state index contributed by atoms with van der Waals surface area (Å²) >= 11 is 0. The highest BCUT2D eigenvalue weighted by atomic mass is 16.5. The Morgan fingerprint density at radius 2 is 1.81 bits per heavy atom. The van der Waals surface area contributed by atoms with Crippen molar-refractivity contribution in [3.63, 3.8) is 0 Å². The third-order valence-corrected chi connectivity index (χ3v) is 5.05. The highest BCUT2D eigenvalue weighted by molar-refractivity contribution is 5.58. The van der Waals surface area contributed by atoms with Crippen LogP contribution in [0.5, 0.6) is 5.75 Å². The lowest BCUT2D eigenvalue weighted by atomic mass is 9.87. The summed E-state index contributed by atoms with van der Waals surface area (Å²) in [6.07, 6.45) is 0. The number of para-hydroxylation sites is 2. The molecule has 7 nitrogen and oxygen atoms in total. The van der Waals surface area contributed by atoms with E-state index in [0.717, 1.165) is 17.0 Å². The predicted octanol–water partition coefficient (Wildman–Crippen LogP) is 4.39. The zero-order valence-corrected chi connectivity index (χ0v) is 18.3. The van der Waals surface area contributed by atoms with Gasteiger partial charge in [-0.1, -0.05) is 57.2 Å². The van der Waals surface area contributed by atoms with E-state index in [4.69, 9.17) is 4.74 Å². The van der Waals surface area contributed by atoms with Gasteiger partial charge in [-0.05, 0) is 30.0 Å². The van der Waals surface area contributed by atoms with Gasteiger partial charge in [-0.15, -0.1) is 0 Å². The third kappa shape index (κ3) is 4.45. The van der Waals surface area contributed by atoms with Gasteiger partial charge < -0.3 is 10.1 Å². The maximum atomic E-state index is 12.6. The number of rotatable bonds is 6. The van der Waals surface area contributed by atoms with Crippen molar-refractivity contribution in [2.24, 2.45) is 0 Å². The summed E-state index contributed by atoms with van der Waals surface area (Å²) in [7, 11) is 0. The summed E-state index contributed by atoms with van der Waals surface area (Å²) in [5.74, 6) is 1.72. The van der Waals surface area contributed by atoms with Crippen LogP contribution in [-0.2, 0) is 12.0 Å². The molecule has 31 heavy (non-hydrogen) atoms. The first-order valence-electron chi connectivity index (χ1n) is 10.4. The molecule has 4 aromatic rings. The van der Waals surface area contributed by atoms with Gasteiger partial charge in [0.2, 0.25) is 0 Å². The number of H-pyrrole nitrogens is 1. The minimum Gasteiger partial charge on any atom is -0.492 e. The summed E-state index contributed by atoms with van der Waals surface area (Å²) in [5, 5.41) is 6.35. The molecule has 0 radical (unpaired) electrons. The first-order valence-corrected chi connectivity index (χ1v) is 10.4. The van der Waals surface area contributed by atoms with Crippen LogP contribution in [0.25, 0.3) is 17.2 Å². The number of benzene rings is 2. The van der Waals surface area contributed by atoms with Gasteiger partial charge in [0.1, 0.15) is 5.75 Å². The van der Waals surface area contributed by atoms with E-state index in [-0.39, 0.29) is 11.0 Å². The molecule has 0 atom stereocenters. The van der Waals surface area contributed by atoms with E-state index in [1.165, 1.54) is 16.1 Å². The minimum absolute atomic E-state index is 0.0770. The lowest BCUT2D eigenvalue weighted by Crippen LogP contribution is -2.17. The largest absolute Gasteiger partial charge is 0.492 e. The van der Waals surface area contributed by atoms with Gasteiger partial charge in [-0.25, -0.2) is 4.98 Å². The molecule has 2 N–H and O–H groups in total. The number of hydrogen-bond donors (Lipinski definition) is 2. The second-order valence-corrected chi connectivity index (χ2v) is 8.40. The lowest BCUT2D eigenvalue weighted by molar-refractivity contribution is 0.341. The van der Waals surface area contributed by atoms with Gasteiger partial charge in [-0.3, -0.25) is 9.89 Å². The van der Waals surface area contributed by atoms with E-state index in [1.54, 1.807) is 0 Å². The highest BCUT2D eigenvalue weighted by Gasteiger charge is 2.15. The van der Waals surface area contributed by atoms with Crippen LogP contribution in [0.4, 0.5) is 5.69 Å². The standard InChI is InChI=1S/C24H27N5O2/c1-5-31-20-9-7-6-8-19(20)25-15-18-14-21(30)29-23(26-18)27-22(28-29)16-10-12-17(13-11-16)24(2,3)4/h6-14,25H,5,15H2,1-4H3,(H,26,27,28). The Bertz CT molecular complexity index is 1250. The number of ether oxygens (including phenoxy) is 1. The van der Waals surface area contributed by atoms with Crippen molar-refractivity contribution in [2.75, 3.05) is 11.9 Å². The van der Waals surface area contributed by atoms with E-state index >= 15 is 0 Å².